The highest BCUT2D eigenvalue weighted by Gasteiger charge is 2.13. The highest BCUT2D eigenvalue weighted by Crippen LogP contribution is 2.25. The van der Waals surface area contributed by atoms with Crippen LogP contribution in [0.25, 0.3) is 0 Å². The number of ketones is 1. The molecule has 0 aromatic heterocycles. The van der Waals surface area contributed by atoms with Crippen molar-refractivity contribution in [2.45, 2.75) is 18.8 Å². The second-order valence-electron chi connectivity index (χ2n) is 3.38. The van der Waals surface area contributed by atoms with Gasteiger partial charge in [0.25, 0.3) is 0 Å². The summed E-state index contributed by atoms with van der Waals surface area (Å²) in [5, 5.41) is 0. The Labute approximate surface area is 78.1 Å². The van der Waals surface area contributed by atoms with Gasteiger partial charge in [0.15, 0.2) is 5.78 Å². The van der Waals surface area contributed by atoms with E-state index in [4.69, 9.17) is 0 Å². The first kappa shape index (κ1) is 8.24. The van der Waals surface area contributed by atoms with E-state index in [1.807, 2.05) is 24.3 Å². The maximum Gasteiger partial charge on any atom is 0.155 e. The molecule has 0 heterocycles. The molecule has 1 aromatic rings. The van der Waals surface area contributed by atoms with Crippen molar-refractivity contribution in [2.24, 2.45) is 0 Å². The molecular formula is C12H12O. The van der Waals surface area contributed by atoms with E-state index in [1.54, 1.807) is 6.08 Å². The van der Waals surface area contributed by atoms with Crippen LogP contribution < -0.4 is 0 Å². The first-order valence-electron chi connectivity index (χ1n) is 4.62. The molecule has 0 spiro atoms. The highest BCUT2D eigenvalue weighted by atomic mass is 16.1. The summed E-state index contributed by atoms with van der Waals surface area (Å²) in [6.07, 6.45) is 5.37. The lowest BCUT2D eigenvalue weighted by atomic mass is 9.89. The smallest absolute Gasteiger partial charge is 0.155 e. The van der Waals surface area contributed by atoms with Crippen molar-refractivity contribution >= 4 is 5.78 Å². The molecule has 2 rings (SSSR count). The maximum atomic E-state index is 11.0. The number of carbonyl (C=O) groups excluding carboxylic acids is 1. The van der Waals surface area contributed by atoms with Gasteiger partial charge >= 0.3 is 0 Å². The van der Waals surface area contributed by atoms with E-state index in [9.17, 15) is 4.79 Å². The summed E-state index contributed by atoms with van der Waals surface area (Å²) in [4.78, 5) is 11.0. The molecule has 0 N–H and O–H groups in total. The van der Waals surface area contributed by atoms with E-state index in [0.29, 0.717) is 12.3 Å². The first-order valence-corrected chi connectivity index (χ1v) is 4.62. The summed E-state index contributed by atoms with van der Waals surface area (Å²) in [5.74, 6) is 0.700. The predicted octanol–water partition coefficient (Wildman–Crippen LogP) is 2.69. The minimum absolute atomic E-state index is 0.257. The third-order valence-electron chi connectivity index (χ3n) is 2.44. The van der Waals surface area contributed by atoms with Crippen molar-refractivity contribution < 1.29 is 4.79 Å². The van der Waals surface area contributed by atoms with Gasteiger partial charge in [-0.05, 0) is 18.1 Å². The van der Waals surface area contributed by atoms with E-state index in [2.05, 4.69) is 12.1 Å². The van der Waals surface area contributed by atoms with Gasteiger partial charge in [-0.15, -0.1) is 0 Å². The van der Waals surface area contributed by atoms with Gasteiger partial charge in [0.05, 0.1) is 0 Å². The van der Waals surface area contributed by atoms with Crippen LogP contribution in [0.4, 0.5) is 0 Å². The lowest BCUT2D eigenvalue weighted by molar-refractivity contribution is -0.115. The third kappa shape index (κ3) is 1.86. The van der Waals surface area contributed by atoms with E-state index in [1.165, 1.54) is 5.56 Å². The van der Waals surface area contributed by atoms with Crippen molar-refractivity contribution in [1.82, 2.24) is 0 Å². The molecule has 66 valence electrons. The van der Waals surface area contributed by atoms with Crippen molar-refractivity contribution in [1.29, 1.82) is 0 Å². The summed E-state index contributed by atoms with van der Waals surface area (Å²) >= 11 is 0. The van der Waals surface area contributed by atoms with Gasteiger partial charge in [0.1, 0.15) is 0 Å². The normalized spacial score (nSPS) is 21.8. The zero-order valence-electron chi connectivity index (χ0n) is 7.44. The van der Waals surface area contributed by atoms with Crippen LogP contribution in [0.15, 0.2) is 42.5 Å². The number of hydrogen-bond donors (Lipinski definition) is 0. The van der Waals surface area contributed by atoms with Crippen LogP contribution in [0.2, 0.25) is 0 Å². The topological polar surface area (TPSA) is 17.1 Å². The molecule has 0 aliphatic heterocycles. The van der Waals surface area contributed by atoms with E-state index in [0.717, 1.165) is 6.42 Å². The highest BCUT2D eigenvalue weighted by molar-refractivity contribution is 5.90. The average molecular weight is 172 g/mol. The molecule has 1 atom stereocenters. The van der Waals surface area contributed by atoms with Crippen LogP contribution in [0.1, 0.15) is 24.3 Å². The predicted molar refractivity (Wildman–Crippen MR) is 52.6 cm³/mol. The van der Waals surface area contributed by atoms with Crippen molar-refractivity contribution in [3.8, 4) is 0 Å². The second-order valence-corrected chi connectivity index (χ2v) is 3.38. The zero-order valence-corrected chi connectivity index (χ0v) is 7.44. The molecule has 1 aromatic carbocycles. The van der Waals surface area contributed by atoms with Crippen LogP contribution in [-0.4, -0.2) is 5.78 Å². The van der Waals surface area contributed by atoms with Crippen LogP contribution >= 0.6 is 0 Å². The van der Waals surface area contributed by atoms with Gasteiger partial charge in [0, 0.05) is 12.3 Å². The lowest BCUT2D eigenvalue weighted by Crippen LogP contribution is -2.05. The fraction of sp³-hybridized carbons (Fsp3) is 0.250. The van der Waals surface area contributed by atoms with Gasteiger partial charge in [-0.3, -0.25) is 4.79 Å². The Kier molecular flexibility index (Phi) is 2.26. The molecule has 0 radical (unpaired) electrons. The molecule has 0 bridgehead atoms. The Morgan fingerprint density at radius 1 is 1.15 bits per heavy atom. The third-order valence-corrected chi connectivity index (χ3v) is 2.44. The Hall–Kier alpha value is -1.37. The van der Waals surface area contributed by atoms with Crippen LogP contribution in [0.3, 0.4) is 0 Å². The molecule has 1 aliphatic carbocycles. The SMILES string of the molecule is O=C1C=C[C@H](c2ccccc2)CC1. The first-order chi connectivity index (χ1) is 6.36. The summed E-state index contributed by atoms with van der Waals surface area (Å²) < 4.78 is 0. The molecule has 1 nitrogen and oxygen atoms in total. The average Bonchev–Trinajstić information content (AvgIpc) is 2.20. The van der Waals surface area contributed by atoms with Crippen LogP contribution in [0.5, 0.6) is 0 Å². The lowest BCUT2D eigenvalue weighted by Gasteiger charge is -2.15. The Morgan fingerprint density at radius 2 is 1.92 bits per heavy atom. The fourth-order valence-electron chi connectivity index (χ4n) is 1.68. The summed E-state index contributed by atoms with van der Waals surface area (Å²) in [5.41, 5.74) is 1.31. The Bertz CT molecular complexity index is 324. The molecule has 0 fully saturated rings. The Morgan fingerprint density at radius 3 is 2.54 bits per heavy atom. The summed E-state index contributed by atoms with van der Waals surface area (Å²) in [6, 6.07) is 10.3. The number of carbonyl (C=O) groups is 1. The van der Waals surface area contributed by atoms with Crippen molar-refractivity contribution in [3.63, 3.8) is 0 Å². The van der Waals surface area contributed by atoms with E-state index >= 15 is 0 Å². The fourth-order valence-corrected chi connectivity index (χ4v) is 1.68. The van der Waals surface area contributed by atoms with E-state index < -0.39 is 0 Å². The van der Waals surface area contributed by atoms with Crippen LogP contribution in [0, 0.1) is 0 Å². The Balaban J connectivity index is 2.20. The van der Waals surface area contributed by atoms with Gasteiger partial charge in [-0.25, -0.2) is 0 Å². The molecule has 0 unspecified atom stereocenters. The molecule has 13 heavy (non-hydrogen) atoms. The number of hydrogen-bond acceptors (Lipinski definition) is 1. The minimum atomic E-state index is 0.257. The molecule has 1 heteroatoms. The summed E-state index contributed by atoms with van der Waals surface area (Å²) in [7, 11) is 0. The molecule has 0 saturated heterocycles. The quantitative estimate of drug-likeness (QED) is 0.636. The molecular weight excluding hydrogens is 160 g/mol. The number of benzene rings is 1. The number of rotatable bonds is 1. The second kappa shape index (κ2) is 3.56. The maximum absolute atomic E-state index is 11.0. The van der Waals surface area contributed by atoms with Gasteiger partial charge in [-0.2, -0.15) is 0 Å². The monoisotopic (exact) mass is 172 g/mol. The van der Waals surface area contributed by atoms with Crippen LogP contribution in [-0.2, 0) is 4.79 Å². The largest absolute Gasteiger partial charge is 0.295 e. The number of allylic oxidation sites excluding steroid dienone is 2. The minimum Gasteiger partial charge on any atom is -0.295 e. The molecule has 0 amide bonds. The molecule has 1 aliphatic rings. The van der Waals surface area contributed by atoms with Gasteiger partial charge < -0.3 is 0 Å². The van der Waals surface area contributed by atoms with E-state index in [-0.39, 0.29) is 5.78 Å². The zero-order chi connectivity index (χ0) is 9.10. The molecule has 0 saturated carbocycles. The van der Waals surface area contributed by atoms with Crippen molar-refractivity contribution in [2.75, 3.05) is 0 Å². The summed E-state index contributed by atoms with van der Waals surface area (Å²) in [6.45, 7) is 0. The standard InChI is InChI=1S/C12H12O/c13-12-8-6-11(7-9-12)10-4-2-1-3-5-10/h1-6,8,11H,7,9H2/t11-/m0/s1. The van der Waals surface area contributed by atoms with Gasteiger partial charge in [-0.1, -0.05) is 36.4 Å². The van der Waals surface area contributed by atoms with Gasteiger partial charge in [0.2, 0.25) is 0 Å². The van der Waals surface area contributed by atoms with Crippen molar-refractivity contribution in [3.05, 3.63) is 48.0 Å².